The molecule has 2 saturated carbocycles. The van der Waals surface area contributed by atoms with Crippen LogP contribution in [0.5, 0.6) is 0 Å². The molecule has 2 atom stereocenters. The number of rotatable bonds is 8. The maximum atomic E-state index is 13.4. The number of nitrogens with one attached hydrogen (secondary N) is 2. The van der Waals surface area contributed by atoms with Gasteiger partial charge in [-0.15, -0.1) is 0 Å². The van der Waals surface area contributed by atoms with Gasteiger partial charge in [-0.2, -0.15) is 0 Å². The molecule has 9 nitrogen and oxygen atoms in total. The standard InChI is InChI=1S/C25H30F2N4O5S/c1-24-6-8-30(15-16(24)12-24)21-11-17(29-37(35,36)10-9-32)4-5-19(21)22(33)28-20-3-2-7-31(23(20)34)18-13-25(26,27)14-18/h2-5,7,11,16,18,29,32H,6,8-10,12-15H2,1H3,(H,28,33). The molecule has 0 spiro atoms. The molecule has 1 aromatic carbocycles. The highest BCUT2D eigenvalue weighted by Gasteiger charge is 2.53. The molecule has 3 aliphatic rings. The van der Waals surface area contributed by atoms with E-state index in [2.05, 4.69) is 21.9 Å². The van der Waals surface area contributed by atoms with E-state index in [4.69, 9.17) is 5.11 Å². The van der Waals surface area contributed by atoms with Gasteiger partial charge in [0, 0.05) is 38.2 Å². The molecule has 37 heavy (non-hydrogen) atoms. The van der Waals surface area contributed by atoms with Crippen molar-refractivity contribution in [2.45, 2.75) is 44.6 Å². The fourth-order valence-electron chi connectivity index (χ4n) is 5.37. The van der Waals surface area contributed by atoms with Crippen LogP contribution in [0.1, 0.15) is 49.0 Å². The van der Waals surface area contributed by atoms with Crippen molar-refractivity contribution in [1.29, 1.82) is 0 Å². The van der Waals surface area contributed by atoms with E-state index in [1.165, 1.54) is 35.0 Å². The van der Waals surface area contributed by atoms with Crippen LogP contribution in [0.15, 0.2) is 41.3 Å². The Morgan fingerprint density at radius 3 is 2.65 bits per heavy atom. The molecular weight excluding hydrogens is 506 g/mol. The van der Waals surface area contributed by atoms with Crippen molar-refractivity contribution in [3.63, 3.8) is 0 Å². The first-order valence-corrected chi connectivity index (χ1v) is 14.0. The Morgan fingerprint density at radius 2 is 1.97 bits per heavy atom. The van der Waals surface area contributed by atoms with Crippen molar-refractivity contribution in [2.75, 3.05) is 40.4 Å². The number of benzene rings is 1. The molecule has 12 heteroatoms. The summed E-state index contributed by atoms with van der Waals surface area (Å²) in [5, 5.41) is 11.7. The molecule has 0 bridgehead atoms. The summed E-state index contributed by atoms with van der Waals surface area (Å²) < 4.78 is 54.7. The van der Waals surface area contributed by atoms with Crippen molar-refractivity contribution in [1.82, 2.24) is 4.57 Å². The number of pyridine rings is 1. The molecule has 2 unspecified atom stereocenters. The molecule has 2 heterocycles. The third kappa shape index (κ3) is 5.22. The second-order valence-corrected chi connectivity index (χ2v) is 12.5. The van der Waals surface area contributed by atoms with E-state index in [-0.39, 0.29) is 16.9 Å². The summed E-state index contributed by atoms with van der Waals surface area (Å²) in [7, 11) is -3.77. The van der Waals surface area contributed by atoms with Crippen molar-refractivity contribution in [3.05, 3.63) is 52.4 Å². The monoisotopic (exact) mass is 536 g/mol. The predicted molar refractivity (Wildman–Crippen MR) is 136 cm³/mol. The van der Waals surface area contributed by atoms with Crippen molar-refractivity contribution in [2.24, 2.45) is 11.3 Å². The number of alkyl halides is 2. The summed E-state index contributed by atoms with van der Waals surface area (Å²) in [6.45, 7) is 3.12. The first kappa shape index (κ1) is 25.7. The van der Waals surface area contributed by atoms with Crippen LogP contribution in [0.2, 0.25) is 0 Å². The van der Waals surface area contributed by atoms with Gasteiger partial charge in [-0.1, -0.05) is 6.92 Å². The summed E-state index contributed by atoms with van der Waals surface area (Å²) in [5.74, 6) is -3.32. The number of nitrogens with zero attached hydrogens (tertiary/aromatic N) is 2. The van der Waals surface area contributed by atoms with Gasteiger partial charge >= 0.3 is 0 Å². The number of fused-ring (bicyclic) bond motifs is 1. The average Bonchev–Trinajstić information content (AvgIpc) is 3.49. The molecular formula is C25H30F2N4O5S. The van der Waals surface area contributed by atoms with Crippen LogP contribution in [0, 0.1) is 11.3 Å². The van der Waals surface area contributed by atoms with Gasteiger partial charge < -0.3 is 19.9 Å². The largest absolute Gasteiger partial charge is 0.395 e. The van der Waals surface area contributed by atoms with Gasteiger partial charge in [0.25, 0.3) is 17.4 Å². The van der Waals surface area contributed by atoms with Crippen LogP contribution in [0.4, 0.5) is 25.8 Å². The SMILES string of the molecule is CC12CCN(c3cc(NS(=O)(=O)CCO)ccc3C(=O)Nc3cccn(C4CC(F)(F)C4)c3=O)CC1C2. The number of hydrogen-bond donors (Lipinski definition) is 3. The summed E-state index contributed by atoms with van der Waals surface area (Å²) >= 11 is 0. The average molecular weight is 537 g/mol. The number of aliphatic hydroxyl groups excluding tert-OH is 1. The van der Waals surface area contributed by atoms with E-state index in [1.807, 2.05) is 0 Å². The van der Waals surface area contributed by atoms with Crippen LogP contribution in [-0.2, 0) is 10.0 Å². The Labute approximate surface area is 213 Å². The number of hydrogen-bond acceptors (Lipinski definition) is 6. The molecule has 3 N–H and O–H groups in total. The lowest BCUT2D eigenvalue weighted by Gasteiger charge is -2.36. The maximum Gasteiger partial charge on any atom is 0.274 e. The van der Waals surface area contributed by atoms with E-state index in [0.717, 1.165) is 19.4 Å². The molecule has 0 radical (unpaired) electrons. The van der Waals surface area contributed by atoms with Crippen molar-refractivity contribution in [3.8, 4) is 0 Å². The van der Waals surface area contributed by atoms with Gasteiger partial charge in [0.1, 0.15) is 5.69 Å². The molecule has 200 valence electrons. The zero-order valence-electron chi connectivity index (χ0n) is 20.4. The minimum atomic E-state index is -3.77. The number of piperidine rings is 1. The topological polar surface area (TPSA) is 121 Å². The van der Waals surface area contributed by atoms with Crippen LogP contribution in [-0.4, -0.2) is 55.4 Å². The van der Waals surface area contributed by atoms with Crippen LogP contribution in [0.3, 0.4) is 0 Å². The Morgan fingerprint density at radius 1 is 1.22 bits per heavy atom. The fraction of sp³-hybridized carbons (Fsp3) is 0.520. The number of sulfonamides is 1. The van der Waals surface area contributed by atoms with E-state index >= 15 is 0 Å². The first-order valence-electron chi connectivity index (χ1n) is 12.3. The number of aromatic nitrogens is 1. The summed E-state index contributed by atoms with van der Waals surface area (Å²) in [5.41, 5.74) is 0.780. The first-order chi connectivity index (χ1) is 17.4. The normalized spacial score (nSPS) is 24.6. The summed E-state index contributed by atoms with van der Waals surface area (Å²) in [6, 6.07) is 6.89. The van der Waals surface area contributed by atoms with E-state index in [9.17, 15) is 26.8 Å². The third-order valence-electron chi connectivity index (χ3n) is 7.83. The van der Waals surface area contributed by atoms with Crippen molar-refractivity contribution < 1.29 is 27.1 Å². The molecule has 3 fully saturated rings. The Bertz CT molecular complexity index is 1390. The highest BCUT2D eigenvalue weighted by atomic mass is 32.2. The number of anilines is 3. The minimum Gasteiger partial charge on any atom is -0.395 e. The second-order valence-electron chi connectivity index (χ2n) is 10.6. The Kier molecular flexibility index (Phi) is 6.30. The number of amides is 1. The second kappa shape index (κ2) is 9.09. The lowest BCUT2D eigenvalue weighted by molar-refractivity contribution is -0.104. The van der Waals surface area contributed by atoms with Gasteiger partial charge in [0.15, 0.2) is 0 Å². The maximum absolute atomic E-state index is 13.4. The zero-order chi connectivity index (χ0) is 26.6. The van der Waals surface area contributed by atoms with Gasteiger partial charge in [-0.25, -0.2) is 17.2 Å². The van der Waals surface area contributed by atoms with Crippen LogP contribution < -0.4 is 20.5 Å². The number of carbonyl (C=O) groups is 1. The lowest BCUT2D eigenvalue weighted by atomic mass is 9.88. The smallest absolute Gasteiger partial charge is 0.274 e. The quantitative estimate of drug-likeness (QED) is 0.477. The van der Waals surface area contributed by atoms with Crippen molar-refractivity contribution >= 4 is 33.0 Å². The lowest BCUT2D eigenvalue weighted by Crippen LogP contribution is -2.41. The van der Waals surface area contributed by atoms with Crippen LogP contribution >= 0.6 is 0 Å². The van der Waals surface area contributed by atoms with E-state index < -0.39 is 58.7 Å². The minimum absolute atomic E-state index is 0.0187. The summed E-state index contributed by atoms with van der Waals surface area (Å²) in [4.78, 5) is 28.3. The van der Waals surface area contributed by atoms with Gasteiger partial charge in [-0.3, -0.25) is 14.3 Å². The number of carbonyl (C=O) groups excluding carboxylic acids is 1. The van der Waals surface area contributed by atoms with Gasteiger partial charge in [-0.05, 0) is 54.5 Å². The predicted octanol–water partition coefficient (Wildman–Crippen LogP) is 3.04. The van der Waals surface area contributed by atoms with Gasteiger partial charge in [0.2, 0.25) is 10.0 Å². The Balaban J connectivity index is 1.42. The number of halogens is 2. The summed E-state index contributed by atoms with van der Waals surface area (Å²) in [6.07, 6.45) is 2.64. The fourth-order valence-corrected chi connectivity index (χ4v) is 6.20. The molecule has 1 aromatic heterocycles. The highest BCUT2D eigenvalue weighted by molar-refractivity contribution is 7.92. The van der Waals surface area contributed by atoms with E-state index in [0.29, 0.717) is 23.6 Å². The molecule has 2 aromatic rings. The van der Waals surface area contributed by atoms with E-state index in [1.54, 1.807) is 6.07 Å². The third-order valence-corrected chi connectivity index (χ3v) is 9.10. The van der Waals surface area contributed by atoms with Crippen LogP contribution in [0.25, 0.3) is 0 Å². The molecule has 5 rings (SSSR count). The van der Waals surface area contributed by atoms with Gasteiger partial charge in [0.05, 0.1) is 29.3 Å². The molecule has 1 saturated heterocycles. The zero-order valence-corrected chi connectivity index (χ0v) is 21.2. The number of aliphatic hydroxyl groups is 1. The molecule has 1 aliphatic heterocycles. The highest BCUT2D eigenvalue weighted by Crippen LogP contribution is 2.58. The Hall–Kier alpha value is -2.99. The molecule has 1 amide bonds. The molecule has 2 aliphatic carbocycles.